The summed E-state index contributed by atoms with van der Waals surface area (Å²) in [6.07, 6.45) is 2.36. The molecule has 2 rings (SSSR count). The number of amides is 1. The van der Waals surface area contributed by atoms with Crippen LogP contribution in [0.15, 0.2) is 18.2 Å². The molecular formula is C12H15ClN2O. The lowest BCUT2D eigenvalue weighted by Gasteiger charge is -2.11. The van der Waals surface area contributed by atoms with Crippen LogP contribution in [0, 0.1) is 5.41 Å². The molecule has 0 saturated heterocycles. The van der Waals surface area contributed by atoms with Crippen molar-refractivity contribution in [2.75, 3.05) is 12.3 Å². The molecule has 1 saturated carbocycles. The Morgan fingerprint density at radius 1 is 1.56 bits per heavy atom. The quantitative estimate of drug-likeness (QED) is 0.795. The number of anilines is 1. The van der Waals surface area contributed by atoms with Crippen LogP contribution < -0.4 is 11.1 Å². The standard InChI is InChI=1S/C12H15ClN2O/c1-12(5-6-12)7-15-11(16)8-3-2-4-9(13)10(8)14/h2-4H,5-7,14H2,1H3,(H,15,16). The Balaban J connectivity index is 2.05. The molecule has 86 valence electrons. The van der Waals surface area contributed by atoms with Gasteiger partial charge < -0.3 is 11.1 Å². The van der Waals surface area contributed by atoms with Crippen LogP contribution in [0.5, 0.6) is 0 Å². The van der Waals surface area contributed by atoms with Crippen molar-refractivity contribution in [3.8, 4) is 0 Å². The summed E-state index contributed by atoms with van der Waals surface area (Å²) >= 11 is 5.86. The first-order valence-electron chi connectivity index (χ1n) is 5.34. The second-order valence-electron chi connectivity index (χ2n) is 4.69. The fourth-order valence-electron chi connectivity index (χ4n) is 1.51. The van der Waals surface area contributed by atoms with E-state index in [-0.39, 0.29) is 5.91 Å². The number of carbonyl (C=O) groups excluding carboxylic acids is 1. The van der Waals surface area contributed by atoms with Gasteiger partial charge in [-0.05, 0) is 30.4 Å². The van der Waals surface area contributed by atoms with Crippen molar-refractivity contribution >= 4 is 23.2 Å². The molecule has 1 aliphatic rings. The van der Waals surface area contributed by atoms with Crippen molar-refractivity contribution in [3.05, 3.63) is 28.8 Å². The number of para-hydroxylation sites is 1. The number of hydrogen-bond donors (Lipinski definition) is 2. The van der Waals surface area contributed by atoms with Crippen LogP contribution in [0.3, 0.4) is 0 Å². The third-order valence-corrected chi connectivity index (χ3v) is 3.41. The summed E-state index contributed by atoms with van der Waals surface area (Å²) in [7, 11) is 0. The molecule has 3 N–H and O–H groups in total. The van der Waals surface area contributed by atoms with Gasteiger partial charge >= 0.3 is 0 Å². The van der Waals surface area contributed by atoms with Gasteiger partial charge in [0.1, 0.15) is 0 Å². The van der Waals surface area contributed by atoms with Crippen LogP contribution in [0.2, 0.25) is 5.02 Å². The molecule has 16 heavy (non-hydrogen) atoms. The smallest absolute Gasteiger partial charge is 0.253 e. The summed E-state index contributed by atoms with van der Waals surface area (Å²) in [5, 5.41) is 3.31. The second-order valence-corrected chi connectivity index (χ2v) is 5.10. The Bertz CT molecular complexity index is 427. The highest BCUT2D eigenvalue weighted by atomic mass is 35.5. The molecule has 0 aromatic heterocycles. The van der Waals surface area contributed by atoms with E-state index in [4.69, 9.17) is 17.3 Å². The predicted molar refractivity (Wildman–Crippen MR) is 65.5 cm³/mol. The van der Waals surface area contributed by atoms with Crippen molar-refractivity contribution in [1.29, 1.82) is 0 Å². The number of nitrogens with one attached hydrogen (secondary N) is 1. The van der Waals surface area contributed by atoms with E-state index in [1.54, 1.807) is 18.2 Å². The number of halogens is 1. The predicted octanol–water partition coefficient (Wildman–Crippen LogP) is 2.45. The molecule has 0 heterocycles. The fraction of sp³-hybridized carbons (Fsp3) is 0.417. The van der Waals surface area contributed by atoms with Crippen molar-refractivity contribution in [3.63, 3.8) is 0 Å². The summed E-state index contributed by atoms with van der Waals surface area (Å²) in [5.41, 5.74) is 6.85. The van der Waals surface area contributed by atoms with Crippen LogP contribution >= 0.6 is 11.6 Å². The zero-order valence-corrected chi connectivity index (χ0v) is 9.97. The van der Waals surface area contributed by atoms with Gasteiger partial charge in [-0.1, -0.05) is 24.6 Å². The molecule has 0 atom stereocenters. The molecule has 0 bridgehead atoms. The molecule has 0 unspecified atom stereocenters. The van der Waals surface area contributed by atoms with E-state index < -0.39 is 0 Å². The Morgan fingerprint density at radius 2 is 2.25 bits per heavy atom. The highest BCUT2D eigenvalue weighted by molar-refractivity contribution is 6.33. The minimum atomic E-state index is -0.145. The van der Waals surface area contributed by atoms with E-state index in [1.807, 2.05) is 0 Å². The first-order valence-corrected chi connectivity index (χ1v) is 5.72. The van der Waals surface area contributed by atoms with Crippen molar-refractivity contribution in [1.82, 2.24) is 5.32 Å². The molecule has 4 heteroatoms. The maximum Gasteiger partial charge on any atom is 0.253 e. The van der Waals surface area contributed by atoms with Crippen LogP contribution in [0.1, 0.15) is 30.1 Å². The third-order valence-electron chi connectivity index (χ3n) is 3.08. The van der Waals surface area contributed by atoms with Gasteiger partial charge in [0, 0.05) is 6.54 Å². The van der Waals surface area contributed by atoms with Gasteiger partial charge in [-0.3, -0.25) is 4.79 Å². The molecule has 0 aliphatic heterocycles. The lowest BCUT2D eigenvalue weighted by molar-refractivity contribution is 0.0947. The molecule has 1 aromatic carbocycles. The molecule has 0 radical (unpaired) electrons. The number of nitrogen functional groups attached to an aromatic ring is 1. The molecular weight excluding hydrogens is 224 g/mol. The van der Waals surface area contributed by atoms with Crippen LogP contribution in [-0.2, 0) is 0 Å². The number of benzene rings is 1. The van der Waals surface area contributed by atoms with E-state index in [1.165, 1.54) is 12.8 Å². The number of rotatable bonds is 3. The van der Waals surface area contributed by atoms with Gasteiger partial charge in [0.05, 0.1) is 16.3 Å². The van der Waals surface area contributed by atoms with E-state index >= 15 is 0 Å². The van der Waals surface area contributed by atoms with Gasteiger partial charge in [0.2, 0.25) is 0 Å². The van der Waals surface area contributed by atoms with Gasteiger partial charge in [0.25, 0.3) is 5.91 Å². The number of nitrogens with two attached hydrogens (primary N) is 1. The molecule has 3 nitrogen and oxygen atoms in total. The number of carbonyl (C=O) groups is 1. The van der Waals surface area contributed by atoms with Gasteiger partial charge in [-0.2, -0.15) is 0 Å². The maximum atomic E-state index is 11.8. The molecule has 0 spiro atoms. The lowest BCUT2D eigenvalue weighted by Crippen LogP contribution is -2.29. The van der Waals surface area contributed by atoms with Crippen molar-refractivity contribution in [2.24, 2.45) is 5.41 Å². The Kier molecular flexibility index (Phi) is 2.80. The van der Waals surface area contributed by atoms with Gasteiger partial charge in [-0.25, -0.2) is 0 Å². The summed E-state index contributed by atoms with van der Waals surface area (Å²) in [4.78, 5) is 11.8. The summed E-state index contributed by atoms with van der Waals surface area (Å²) in [6.45, 7) is 2.87. The minimum absolute atomic E-state index is 0.145. The zero-order chi connectivity index (χ0) is 11.8. The normalized spacial score (nSPS) is 16.9. The second kappa shape index (κ2) is 3.98. The zero-order valence-electron chi connectivity index (χ0n) is 9.22. The maximum absolute atomic E-state index is 11.8. The molecule has 1 aliphatic carbocycles. The minimum Gasteiger partial charge on any atom is -0.397 e. The number of hydrogen-bond acceptors (Lipinski definition) is 2. The summed E-state index contributed by atoms with van der Waals surface area (Å²) in [6, 6.07) is 5.09. The van der Waals surface area contributed by atoms with E-state index in [0.717, 1.165) is 0 Å². The third kappa shape index (κ3) is 2.30. The van der Waals surface area contributed by atoms with Crippen LogP contribution in [0.25, 0.3) is 0 Å². The molecule has 1 aromatic rings. The highest BCUT2D eigenvalue weighted by Crippen LogP contribution is 2.44. The average molecular weight is 239 g/mol. The molecule has 1 amide bonds. The lowest BCUT2D eigenvalue weighted by atomic mass is 10.1. The van der Waals surface area contributed by atoms with Crippen molar-refractivity contribution < 1.29 is 4.79 Å². The fourth-order valence-corrected chi connectivity index (χ4v) is 1.69. The van der Waals surface area contributed by atoms with E-state index in [0.29, 0.717) is 28.2 Å². The topological polar surface area (TPSA) is 55.1 Å². The highest BCUT2D eigenvalue weighted by Gasteiger charge is 2.37. The Morgan fingerprint density at radius 3 is 2.88 bits per heavy atom. The summed E-state index contributed by atoms with van der Waals surface area (Å²) in [5.74, 6) is -0.145. The van der Waals surface area contributed by atoms with Crippen LogP contribution in [0.4, 0.5) is 5.69 Å². The average Bonchev–Trinajstić information content (AvgIpc) is 2.98. The summed E-state index contributed by atoms with van der Waals surface area (Å²) < 4.78 is 0. The van der Waals surface area contributed by atoms with E-state index in [2.05, 4.69) is 12.2 Å². The monoisotopic (exact) mass is 238 g/mol. The first kappa shape index (κ1) is 11.3. The van der Waals surface area contributed by atoms with Gasteiger partial charge in [-0.15, -0.1) is 0 Å². The van der Waals surface area contributed by atoms with E-state index in [9.17, 15) is 4.79 Å². The Labute approximate surface area is 100.0 Å². The largest absolute Gasteiger partial charge is 0.397 e. The Hall–Kier alpha value is -1.22. The molecule has 1 fully saturated rings. The SMILES string of the molecule is CC1(CNC(=O)c2cccc(Cl)c2N)CC1. The van der Waals surface area contributed by atoms with Gasteiger partial charge in [0.15, 0.2) is 0 Å². The first-order chi connectivity index (χ1) is 7.52. The van der Waals surface area contributed by atoms with Crippen LogP contribution in [-0.4, -0.2) is 12.5 Å². The van der Waals surface area contributed by atoms with Crippen molar-refractivity contribution in [2.45, 2.75) is 19.8 Å².